The molecule has 0 spiro atoms. The second kappa shape index (κ2) is 8.16. The van der Waals surface area contributed by atoms with Gasteiger partial charge in [-0.25, -0.2) is 0 Å². The highest BCUT2D eigenvalue weighted by Gasteiger charge is 2.26. The Kier molecular flexibility index (Phi) is 7.13. The van der Waals surface area contributed by atoms with E-state index in [9.17, 15) is 4.79 Å². The molecule has 2 unspecified atom stereocenters. The van der Waals surface area contributed by atoms with Crippen LogP contribution in [-0.4, -0.2) is 36.5 Å². The molecule has 0 saturated carbocycles. The summed E-state index contributed by atoms with van der Waals surface area (Å²) in [5, 5.41) is 3.53. The highest BCUT2D eigenvalue weighted by Crippen LogP contribution is 2.27. The maximum absolute atomic E-state index is 12.2. The van der Waals surface area contributed by atoms with E-state index >= 15 is 0 Å². The maximum Gasteiger partial charge on any atom is 0.238 e. The molecule has 0 aliphatic carbocycles. The van der Waals surface area contributed by atoms with Crippen LogP contribution in [0, 0.1) is 19.8 Å². The number of nitrogens with one attached hydrogen (secondary N) is 1. The minimum Gasteiger partial charge on any atom is -0.328 e. The third-order valence-corrected chi connectivity index (χ3v) is 4.41. The molecule has 1 saturated heterocycles. The quantitative estimate of drug-likeness (QED) is 0.881. The molecule has 1 aliphatic heterocycles. The SMILES string of the molecule is Cc1cc(C)c(NC(=O)CN2CCC(C(C)N)C2)c(Cl)c1.Cl. The van der Waals surface area contributed by atoms with Gasteiger partial charge in [-0.3, -0.25) is 9.69 Å². The molecular formula is C16H25Cl2N3O. The van der Waals surface area contributed by atoms with E-state index in [4.69, 9.17) is 17.3 Å². The Morgan fingerprint density at radius 1 is 1.50 bits per heavy atom. The molecule has 3 N–H and O–H groups in total. The van der Waals surface area contributed by atoms with Gasteiger partial charge in [0.15, 0.2) is 0 Å². The van der Waals surface area contributed by atoms with E-state index in [0.717, 1.165) is 36.3 Å². The zero-order valence-electron chi connectivity index (χ0n) is 13.4. The summed E-state index contributed by atoms with van der Waals surface area (Å²) in [6.07, 6.45) is 1.06. The number of benzene rings is 1. The Labute approximate surface area is 143 Å². The fraction of sp³-hybridized carbons (Fsp3) is 0.562. The fourth-order valence-corrected chi connectivity index (χ4v) is 3.26. The third kappa shape index (κ3) is 4.85. The van der Waals surface area contributed by atoms with Crippen molar-refractivity contribution in [2.45, 2.75) is 33.2 Å². The van der Waals surface area contributed by atoms with Crippen LogP contribution in [0.3, 0.4) is 0 Å². The van der Waals surface area contributed by atoms with Gasteiger partial charge in [0.25, 0.3) is 0 Å². The van der Waals surface area contributed by atoms with Gasteiger partial charge < -0.3 is 11.1 Å². The van der Waals surface area contributed by atoms with Gasteiger partial charge in [-0.1, -0.05) is 17.7 Å². The minimum absolute atomic E-state index is 0. The van der Waals surface area contributed by atoms with Crippen LogP contribution in [0.1, 0.15) is 24.5 Å². The average molecular weight is 346 g/mol. The molecule has 1 aromatic carbocycles. The zero-order chi connectivity index (χ0) is 15.6. The second-order valence-electron chi connectivity index (χ2n) is 6.13. The number of nitrogens with two attached hydrogens (primary N) is 1. The molecule has 1 fully saturated rings. The minimum atomic E-state index is -0.0193. The van der Waals surface area contributed by atoms with Crippen molar-refractivity contribution in [3.63, 3.8) is 0 Å². The van der Waals surface area contributed by atoms with Crippen LogP contribution in [0.15, 0.2) is 12.1 Å². The first kappa shape index (κ1) is 19.2. The van der Waals surface area contributed by atoms with E-state index in [1.165, 1.54) is 0 Å². The van der Waals surface area contributed by atoms with E-state index in [2.05, 4.69) is 10.2 Å². The molecule has 6 heteroatoms. The van der Waals surface area contributed by atoms with Crippen LogP contribution >= 0.6 is 24.0 Å². The number of halogens is 2. The molecule has 1 amide bonds. The number of hydrogen-bond acceptors (Lipinski definition) is 3. The third-order valence-electron chi connectivity index (χ3n) is 4.12. The zero-order valence-corrected chi connectivity index (χ0v) is 14.9. The second-order valence-corrected chi connectivity index (χ2v) is 6.54. The number of nitrogens with zero attached hydrogens (tertiary/aromatic N) is 1. The van der Waals surface area contributed by atoms with Gasteiger partial charge in [-0.2, -0.15) is 0 Å². The summed E-state index contributed by atoms with van der Waals surface area (Å²) in [5.74, 6) is 0.469. The van der Waals surface area contributed by atoms with E-state index < -0.39 is 0 Å². The van der Waals surface area contributed by atoms with Crippen molar-refractivity contribution in [2.75, 3.05) is 25.0 Å². The molecule has 4 nitrogen and oxygen atoms in total. The lowest BCUT2D eigenvalue weighted by atomic mass is 10.0. The van der Waals surface area contributed by atoms with Crippen molar-refractivity contribution in [1.82, 2.24) is 4.90 Å². The summed E-state index contributed by atoms with van der Waals surface area (Å²) < 4.78 is 0. The molecular weight excluding hydrogens is 321 g/mol. The Morgan fingerprint density at radius 3 is 2.73 bits per heavy atom. The van der Waals surface area contributed by atoms with Crippen molar-refractivity contribution >= 4 is 35.6 Å². The molecule has 22 heavy (non-hydrogen) atoms. The van der Waals surface area contributed by atoms with Gasteiger partial charge in [0.05, 0.1) is 17.3 Å². The summed E-state index contributed by atoms with van der Waals surface area (Å²) in [5.41, 5.74) is 8.72. The summed E-state index contributed by atoms with van der Waals surface area (Å²) in [7, 11) is 0. The van der Waals surface area contributed by atoms with Gasteiger partial charge in [-0.05, 0) is 56.8 Å². The first-order valence-corrected chi connectivity index (χ1v) is 7.79. The van der Waals surface area contributed by atoms with Gasteiger partial charge in [0.1, 0.15) is 0 Å². The lowest BCUT2D eigenvalue weighted by molar-refractivity contribution is -0.117. The van der Waals surface area contributed by atoms with Crippen molar-refractivity contribution in [3.05, 3.63) is 28.3 Å². The lowest BCUT2D eigenvalue weighted by Gasteiger charge is -2.18. The number of amides is 1. The number of likely N-dealkylation sites (tertiary alicyclic amines) is 1. The van der Waals surface area contributed by atoms with Crippen LogP contribution in [-0.2, 0) is 4.79 Å². The predicted octanol–water partition coefficient (Wildman–Crippen LogP) is 2.99. The molecule has 0 bridgehead atoms. The van der Waals surface area contributed by atoms with Gasteiger partial charge in [0.2, 0.25) is 5.91 Å². The lowest BCUT2D eigenvalue weighted by Crippen LogP contribution is -2.34. The van der Waals surface area contributed by atoms with Crippen LogP contribution in [0.2, 0.25) is 5.02 Å². The first-order chi connectivity index (χ1) is 9.86. The molecule has 2 atom stereocenters. The molecule has 0 radical (unpaired) electrons. The van der Waals surface area contributed by atoms with Crippen LogP contribution < -0.4 is 11.1 Å². The summed E-state index contributed by atoms with van der Waals surface area (Å²) in [4.78, 5) is 14.3. The van der Waals surface area contributed by atoms with Gasteiger partial charge in [-0.15, -0.1) is 12.4 Å². The van der Waals surface area contributed by atoms with Crippen molar-refractivity contribution in [2.24, 2.45) is 11.7 Å². The highest BCUT2D eigenvalue weighted by atomic mass is 35.5. The molecule has 1 heterocycles. The largest absolute Gasteiger partial charge is 0.328 e. The maximum atomic E-state index is 12.2. The first-order valence-electron chi connectivity index (χ1n) is 7.41. The number of aryl methyl sites for hydroxylation is 2. The fourth-order valence-electron chi connectivity index (χ4n) is 2.89. The van der Waals surface area contributed by atoms with E-state index in [1.54, 1.807) is 0 Å². The van der Waals surface area contributed by atoms with Crippen LogP contribution in [0.25, 0.3) is 0 Å². The predicted molar refractivity (Wildman–Crippen MR) is 95.0 cm³/mol. The summed E-state index contributed by atoms with van der Waals surface area (Å²) in [6.45, 7) is 8.20. The van der Waals surface area contributed by atoms with Crippen molar-refractivity contribution < 1.29 is 4.79 Å². The average Bonchev–Trinajstić information content (AvgIpc) is 2.82. The van der Waals surface area contributed by atoms with E-state index in [0.29, 0.717) is 17.5 Å². The van der Waals surface area contributed by atoms with Gasteiger partial charge >= 0.3 is 0 Å². The molecule has 1 aromatic rings. The van der Waals surface area contributed by atoms with E-state index in [1.807, 2.05) is 32.9 Å². The summed E-state index contributed by atoms with van der Waals surface area (Å²) >= 11 is 6.22. The van der Waals surface area contributed by atoms with Crippen molar-refractivity contribution in [3.8, 4) is 0 Å². The molecule has 0 aromatic heterocycles. The smallest absolute Gasteiger partial charge is 0.238 e. The Balaban J connectivity index is 0.00000242. The normalized spacial score (nSPS) is 19.6. The van der Waals surface area contributed by atoms with Crippen molar-refractivity contribution in [1.29, 1.82) is 0 Å². The topological polar surface area (TPSA) is 58.4 Å². The van der Waals surface area contributed by atoms with Gasteiger partial charge in [0, 0.05) is 12.6 Å². The number of carbonyl (C=O) groups is 1. The summed E-state index contributed by atoms with van der Waals surface area (Å²) in [6, 6.07) is 4.07. The van der Waals surface area contributed by atoms with E-state index in [-0.39, 0.29) is 24.4 Å². The number of rotatable bonds is 4. The Morgan fingerprint density at radius 2 is 2.18 bits per heavy atom. The monoisotopic (exact) mass is 345 g/mol. The molecule has 2 rings (SSSR count). The highest BCUT2D eigenvalue weighted by molar-refractivity contribution is 6.34. The number of anilines is 1. The standard InChI is InChI=1S/C16H24ClN3O.ClH/c1-10-6-11(2)16(14(17)7-10)19-15(21)9-20-5-4-13(8-20)12(3)18;/h6-7,12-13H,4-5,8-9,18H2,1-3H3,(H,19,21);1H. The Hall–Kier alpha value is -0.810. The number of hydrogen-bond donors (Lipinski definition) is 2. The molecule has 124 valence electrons. The van der Waals surface area contributed by atoms with Crippen LogP contribution in [0.5, 0.6) is 0 Å². The van der Waals surface area contributed by atoms with Crippen LogP contribution in [0.4, 0.5) is 5.69 Å². The number of carbonyl (C=O) groups excluding carboxylic acids is 1. The Bertz CT molecular complexity index is 511. The molecule has 1 aliphatic rings.